The number of aliphatic hydroxyl groups is 2. The molecule has 1 aromatic carbocycles. The molecule has 2 N–H and O–H groups in total. The normalized spacial score (nSPS) is 13.1. The Morgan fingerprint density at radius 1 is 1.31 bits per heavy atom. The second-order valence-electron chi connectivity index (χ2n) is 4.19. The van der Waals surface area contributed by atoms with E-state index in [-0.39, 0.29) is 19.0 Å². The highest BCUT2D eigenvalue weighted by Crippen LogP contribution is 2.20. The number of likely N-dealkylation sites (N-methyl/N-ethyl adjacent to an activating group) is 1. The zero-order valence-corrected chi connectivity index (χ0v) is 10.9. The molecule has 92 valence electrons. The number of aliphatic hydroxyl groups excluding tert-OH is 2. The van der Waals surface area contributed by atoms with E-state index in [1.54, 1.807) is 0 Å². The van der Waals surface area contributed by atoms with Crippen molar-refractivity contribution < 1.29 is 27.1 Å². The van der Waals surface area contributed by atoms with Gasteiger partial charge in [-0.15, -0.1) is 0 Å². The van der Waals surface area contributed by atoms with Gasteiger partial charge in [-0.1, -0.05) is 29.8 Å². The van der Waals surface area contributed by atoms with Gasteiger partial charge in [-0.2, -0.15) is 0 Å². The summed E-state index contributed by atoms with van der Waals surface area (Å²) in [6.45, 7) is 0.332. The predicted molar refractivity (Wildman–Crippen MR) is 60.4 cm³/mol. The molecule has 0 aliphatic carbocycles. The standard InChI is InChI=1S/C11H17ClNO2.ClH/c1-13(2,11(15)8-14)7-9-5-3-4-6-10(9)12;/h3-6,11,14-15H,7-8H2,1-2H3;1H/q+1;/p-1. The summed E-state index contributed by atoms with van der Waals surface area (Å²) in [5, 5.41) is 19.2. The molecule has 1 rings (SSSR count). The number of quaternary nitrogens is 1. The van der Waals surface area contributed by atoms with Crippen LogP contribution in [0.15, 0.2) is 24.3 Å². The van der Waals surface area contributed by atoms with Gasteiger partial charge in [0.15, 0.2) is 0 Å². The van der Waals surface area contributed by atoms with Crippen molar-refractivity contribution in [3.05, 3.63) is 34.9 Å². The van der Waals surface area contributed by atoms with Crippen molar-refractivity contribution in [2.24, 2.45) is 0 Å². The molecule has 0 aliphatic heterocycles. The Morgan fingerprint density at radius 3 is 2.38 bits per heavy atom. The SMILES string of the molecule is C[N+](C)(Cc1ccccc1Cl)C(O)CO.[Cl-]. The van der Waals surface area contributed by atoms with Crippen molar-refractivity contribution in [1.82, 2.24) is 0 Å². The topological polar surface area (TPSA) is 40.5 Å². The summed E-state index contributed by atoms with van der Waals surface area (Å²) in [5.41, 5.74) is 0.969. The monoisotopic (exact) mass is 265 g/mol. The summed E-state index contributed by atoms with van der Waals surface area (Å²) in [5.74, 6) is 0. The van der Waals surface area contributed by atoms with Gasteiger partial charge >= 0.3 is 0 Å². The Bertz CT molecular complexity index is 332. The molecule has 0 saturated heterocycles. The largest absolute Gasteiger partial charge is 1.00 e. The average molecular weight is 266 g/mol. The maximum atomic E-state index is 9.62. The molecule has 5 heteroatoms. The van der Waals surface area contributed by atoms with Crippen molar-refractivity contribution in [3.63, 3.8) is 0 Å². The van der Waals surface area contributed by atoms with E-state index in [4.69, 9.17) is 16.7 Å². The second kappa shape index (κ2) is 6.42. The molecule has 0 radical (unpaired) electrons. The Morgan fingerprint density at radius 2 is 1.88 bits per heavy atom. The minimum Gasteiger partial charge on any atom is -1.00 e. The summed E-state index contributed by atoms with van der Waals surface area (Å²) in [7, 11) is 3.70. The first-order chi connectivity index (χ1) is 6.97. The van der Waals surface area contributed by atoms with Crippen LogP contribution >= 0.6 is 11.6 Å². The maximum absolute atomic E-state index is 9.62. The number of benzene rings is 1. The maximum Gasteiger partial charge on any atom is 0.214 e. The van der Waals surface area contributed by atoms with Gasteiger partial charge in [-0.05, 0) is 6.07 Å². The van der Waals surface area contributed by atoms with Crippen LogP contribution in [-0.2, 0) is 6.54 Å². The lowest BCUT2D eigenvalue weighted by molar-refractivity contribution is -0.949. The smallest absolute Gasteiger partial charge is 0.214 e. The fourth-order valence-corrected chi connectivity index (χ4v) is 1.59. The van der Waals surface area contributed by atoms with Crippen molar-refractivity contribution in [2.45, 2.75) is 12.8 Å². The highest BCUT2D eigenvalue weighted by molar-refractivity contribution is 6.31. The van der Waals surface area contributed by atoms with E-state index in [9.17, 15) is 5.11 Å². The number of hydrogen-bond donors (Lipinski definition) is 2. The van der Waals surface area contributed by atoms with E-state index in [1.807, 2.05) is 38.4 Å². The molecule has 0 aromatic heterocycles. The van der Waals surface area contributed by atoms with Gasteiger partial charge in [0.1, 0.15) is 13.2 Å². The number of hydrogen-bond acceptors (Lipinski definition) is 2. The number of halogens is 2. The van der Waals surface area contributed by atoms with Crippen LogP contribution in [0.2, 0.25) is 5.02 Å². The average Bonchev–Trinajstić information content (AvgIpc) is 2.20. The molecule has 0 aliphatic rings. The lowest BCUT2D eigenvalue weighted by atomic mass is 10.2. The van der Waals surface area contributed by atoms with Gasteiger partial charge in [-0.25, -0.2) is 0 Å². The third-order valence-corrected chi connectivity index (χ3v) is 2.87. The molecule has 1 aromatic rings. The Balaban J connectivity index is 0.00000225. The molecule has 1 atom stereocenters. The summed E-state index contributed by atoms with van der Waals surface area (Å²) >= 11 is 6.02. The zero-order chi connectivity index (χ0) is 11.5. The van der Waals surface area contributed by atoms with E-state index in [1.165, 1.54) is 0 Å². The van der Waals surface area contributed by atoms with Crippen molar-refractivity contribution in [1.29, 1.82) is 0 Å². The predicted octanol–water partition coefficient (Wildman–Crippen LogP) is -1.77. The summed E-state index contributed by atoms with van der Waals surface area (Å²) in [4.78, 5) is 0. The van der Waals surface area contributed by atoms with Crippen molar-refractivity contribution >= 4 is 11.6 Å². The highest BCUT2D eigenvalue weighted by Gasteiger charge is 2.26. The fourth-order valence-electron chi connectivity index (χ4n) is 1.39. The van der Waals surface area contributed by atoms with Gasteiger partial charge in [0.05, 0.1) is 14.1 Å². The Hall–Kier alpha value is -0.320. The molecular weight excluding hydrogens is 249 g/mol. The van der Waals surface area contributed by atoms with Gasteiger partial charge in [0, 0.05) is 10.6 Å². The Labute approximate surface area is 107 Å². The van der Waals surface area contributed by atoms with E-state index < -0.39 is 6.23 Å². The molecule has 0 amide bonds. The minimum atomic E-state index is -0.790. The van der Waals surface area contributed by atoms with Gasteiger partial charge in [-0.3, -0.25) is 4.48 Å². The lowest BCUT2D eigenvalue weighted by Crippen LogP contribution is -3.00. The quantitative estimate of drug-likeness (QED) is 0.500. The van der Waals surface area contributed by atoms with Gasteiger partial charge < -0.3 is 22.6 Å². The third kappa shape index (κ3) is 3.92. The van der Waals surface area contributed by atoms with Crippen LogP contribution in [-0.4, -0.2) is 41.6 Å². The second-order valence-corrected chi connectivity index (χ2v) is 4.60. The van der Waals surface area contributed by atoms with Crippen LogP contribution in [0.5, 0.6) is 0 Å². The van der Waals surface area contributed by atoms with Gasteiger partial charge in [0.25, 0.3) is 0 Å². The first-order valence-electron chi connectivity index (χ1n) is 4.82. The van der Waals surface area contributed by atoms with Gasteiger partial charge in [0.2, 0.25) is 6.23 Å². The van der Waals surface area contributed by atoms with Crippen LogP contribution in [0.3, 0.4) is 0 Å². The molecule has 0 saturated carbocycles. The summed E-state index contributed by atoms with van der Waals surface area (Å²) in [6, 6.07) is 7.52. The number of nitrogens with zero attached hydrogens (tertiary/aromatic N) is 1. The third-order valence-electron chi connectivity index (χ3n) is 2.51. The molecule has 0 spiro atoms. The first-order valence-corrected chi connectivity index (χ1v) is 5.20. The fraction of sp³-hybridized carbons (Fsp3) is 0.455. The zero-order valence-electron chi connectivity index (χ0n) is 9.40. The van der Waals surface area contributed by atoms with Crippen LogP contribution in [0.25, 0.3) is 0 Å². The van der Waals surface area contributed by atoms with Crippen LogP contribution < -0.4 is 12.4 Å². The first kappa shape index (κ1) is 15.7. The molecule has 1 unspecified atom stereocenters. The van der Waals surface area contributed by atoms with E-state index in [2.05, 4.69) is 0 Å². The molecule has 0 fully saturated rings. The molecule has 3 nitrogen and oxygen atoms in total. The minimum absolute atomic E-state index is 0. The molecular formula is C11H17Cl2NO2. The van der Waals surface area contributed by atoms with Crippen LogP contribution in [0, 0.1) is 0 Å². The summed E-state index contributed by atoms with van der Waals surface area (Å²) < 4.78 is 0.292. The van der Waals surface area contributed by atoms with Crippen LogP contribution in [0.1, 0.15) is 5.56 Å². The summed E-state index contributed by atoms with van der Waals surface area (Å²) in [6.07, 6.45) is -0.790. The van der Waals surface area contributed by atoms with E-state index in [0.29, 0.717) is 16.1 Å². The highest BCUT2D eigenvalue weighted by atomic mass is 35.5. The lowest BCUT2D eigenvalue weighted by Gasteiger charge is -2.33. The number of rotatable bonds is 4. The molecule has 16 heavy (non-hydrogen) atoms. The van der Waals surface area contributed by atoms with Crippen molar-refractivity contribution in [3.8, 4) is 0 Å². The van der Waals surface area contributed by atoms with E-state index >= 15 is 0 Å². The molecule has 0 heterocycles. The van der Waals surface area contributed by atoms with Crippen molar-refractivity contribution in [2.75, 3.05) is 20.7 Å². The van der Waals surface area contributed by atoms with Crippen LogP contribution in [0.4, 0.5) is 0 Å². The Kier molecular flexibility index (Phi) is 6.30. The van der Waals surface area contributed by atoms with E-state index in [0.717, 1.165) is 5.56 Å². The molecule has 0 bridgehead atoms.